The molecule has 1 aliphatic heterocycles. The molecule has 1 aliphatic rings. The monoisotopic (exact) mass is 402 g/mol. The SMILES string of the molecule is Cc1ccccc1CNC(=O)C1CCN(c2cc(Oc3ccccc3)ncn2)CC1. The topological polar surface area (TPSA) is 67.4 Å². The van der Waals surface area contributed by atoms with Crippen molar-refractivity contribution in [2.24, 2.45) is 5.92 Å². The van der Waals surface area contributed by atoms with Crippen molar-refractivity contribution in [2.45, 2.75) is 26.3 Å². The van der Waals surface area contributed by atoms with Gasteiger partial charge in [0, 0.05) is 31.6 Å². The van der Waals surface area contributed by atoms with Crippen LogP contribution in [0.4, 0.5) is 5.82 Å². The molecule has 154 valence electrons. The van der Waals surface area contributed by atoms with Gasteiger partial charge in [-0.05, 0) is 43.0 Å². The maximum absolute atomic E-state index is 12.6. The summed E-state index contributed by atoms with van der Waals surface area (Å²) in [6, 6.07) is 19.6. The van der Waals surface area contributed by atoms with Crippen LogP contribution < -0.4 is 15.0 Å². The van der Waals surface area contributed by atoms with Gasteiger partial charge in [-0.3, -0.25) is 4.79 Å². The standard InChI is InChI=1S/C24H26N4O2/c1-18-7-5-6-8-20(18)16-25-24(29)19-11-13-28(14-12-19)22-15-23(27-17-26-22)30-21-9-3-2-4-10-21/h2-10,15,17,19H,11-14,16H2,1H3,(H,25,29). The Morgan fingerprint density at radius 2 is 1.80 bits per heavy atom. The molecule has 6 heteroatoms. The minimum absolute atomic E-state index is 0.0344. The predicted octanol–water partition coefficient (Wildman–Crippen LogP) is 4.11. The summed E-state index contributed by atoms with van der Waals surface area (Å²) < 4.78 is 5.81. The Hall–Kier alpha value is -3.41. The quantitative estimate of drug-likeness (QED) is 0.672. The number of para-hydroxylation sites is 1. The number of nitrogens with one attached hydrogen (secondary N) is 1. The minimum Gasteiger partial charge on any atom is -0.439 e. The van der Waals surface area contributed by atoms with Gasteiger partial charge < -0.3 is 15.0 Å². The smallest absolute Gasteiger partial charge is 0.224 e. The molecule has 0 aliphatic carbocycles. The first kappa shape index (κ1) is 19.9. The molecule has 1 saturated heterocycles. The minimum atomic E-state index is 0.0344. The molecule has 3 aromatic rings. The first-order valence-corrected chi connectivity index (χ1v) is 10.3. The van der Waals surface area contributed by atoms with Crippen LogP contribution in [-0.2, 0) is 11.3 Å². The zero-order valence-electron chi connectivity index (χ0n) is 17.1. The highest BCUT2D eigenvalue weighted by Crippen LogP contribution is 2.26. The third-order valence-electron chi connectivity index (χ3n) is 5.50. The third kappa shape index (κ3) is 4.95. The Balaban J connectivity index is 1.30. The second-order valence-electron chi connectivity index (χ2n) is 7.54. The van der Waals surface area contributed by atoms with Crippen LogP contribution in [0.25, 0.3) is 0 Å². The molecule has 0 radical (unpaired) electrons. The number of amides is 1. The van der Waals surface area contributed by atoms with Gasteiger partial charge in [0.15, 0.2) is 0 Å². The van der Waals surface area contributed by atoms with Gasteiger partial charge in [-0.1, -0.05) is 42.5 Å². The highest BCUT2D eigenvalue weighted by atomic mass is 16.5. The van der Waals surface area contributed by atoms with E-state index < -0.39 is 0 Å². The molecule has 0 atom stereocenters. The van der Waals surface area contributed by atoms with Gasteiger partial charge in [-0.25, -0.2) is 9.97 Å². The van der Waals surface area contributed by atoms with Gasteiger partial charge in [0.05, 0.1) is 0 Å². The van der Waals surface area contributed by atoms with Crippen molar-refractivity contribution < 1.29 is 9.53 Å². The molecule has 0 unspecified atom stereocenters. The lowest BCUT2D eigenvalue weighted by Gasteiger charge is -2.32. The van der Waals surface area contributed by atoms with Gasteiger partial charge in [0.1, 0.15) is 17.9 Å². The summed E-state index contributed by atoms with van der Waals surface area (Å²) in [6.45, 7) is 4.21. The van der Waals surface area contributed by atoms with E-state index >= 15 is 0 Å². The molecule has 1 amide bonds. The van der Waals surface area contributed by atoms with E-state index in [4.69, 9.17) is 4.74 Å². The van der Waals surface area contributed by atoms with Crippen LogP contribution in [0.1, 0.15) is 24.0 Å². The average Bonchev–Trinajstić information content (AvgIpc) is 2.79. The molecule has 0 spiro atoms. The van der Waals surface area contributed by atoms with E-state index in [0.29, 0.717) is 12.4 Å². The van der Waals surface area contributed by atoms with E-state index in [-0.39, 0.29) is 11.8 Å². The van der Waals surface area contributed by atoms with Gasteiger partial charge in [0.25, 0.3) is 0 Å². The van der Waals surface area contributed by atoms with E-state index in [0.717, 1.165) is 43.1 Å². The maximum Gasteiger partial charge on any atom is 0.224 e. The van der Waals surface area contributed by atoms with Crippen molar-refractivity contribution in [3.63, 3.8) is 0 Å². The van der Waals surface area contributed by atoms with E-state index in [1.165, 1.54) is 11.9 Å². The number of anilines is 1. The summed E-state index contributed by atoms with van der Waals surface area (Å²) >= 11 is 0. The lowest BCUT2D eigenvalue weighted by atomic mass is 9.95. The fourth-order valence-corrected chi connectivity index (χ4v) is 3.67. The van der Waals surface area contributed by atoms with Crippen LogP contribution in [0.2, 0.25) is 0 Å². The number of nitrogens with zero attached hydrogens (tertiary/aromatic N) is 3. The Morgan fingerprint density at radius 3 is 2.57 bits per heavy atom. The molecule has 1 fully saturated rings. The number of ether oxygens (including phenoxy) is 1. The maximum atomic E-state index is 12.6. The predicted molar refractivity (Wildman–Crippen MR) is 117 cm³/mol. The summed E-state index contributed by atoms with van der Waals surface area (Å²) in [5.74, 6) is 2.26. The number of aromatic nitrogens is 2. The molecular formula is C24H26N4O2. The van der Waals surface area contributed by atoms with Crippen LogP contribution in [0.3, 0.4) is 0 Å². The highest BCUT2D eigenvalue weighted by molar-refractivity contribution is 5.79. The van der Waals surface area contributed by atoms with Crippen LogP contribution in [0.15, 0.2) is 67.0 Å². The van der Waals surface area contributed by atoms with E-state index in [9.17, 15) is 4.79 Å². The second kappa shape index (κ2) is 9.39. The fourth-order valence-electron chi connectivity index (χ4n) is 3.67. The highest BCUT2D eigenvalue weighted by Gasteiger charge is 2.25. The second-order valence-corrected chi connectivity index (χ2v) is 7.54. The number of piperidine rings is 1. The Morgan fingerprint density at radius 1 is 1.07 bits per heavy atom. The molecule has 1 N–H and O–H groups in total. The number of hydrogen-bond donors (Lipinski definition) is 1. The van der Waals surface area contributed by atoms with Crippen molar-refractivity contribution in [3.05, 3.63) is 78.1 Å². The summed E-state index contributed by atoms with van der Waals surface area (Å²) in [4.78, 5) is 23.4. The number of hydrogen-bond acceptors (Lipinski definition) is 5. The first-order chi connectivity index (χ1) is 14.7. The molecular weight excluding hydrogens is 376 g/mol. The Kier molecular flexibility index (Phi) is 6.23. The average molecular weight is 402 g/mol. The van der Waals surface area contributed by atoms with Gasteiger partial charge in [-0.15, -0.1) is 0 Å². The van der Waals surface area contributed by atoms with Crippen LogP contribution in [0, 0.1) is 12.8 Å². The molecule has 2 aromatic carbocycles. The van der Waals surface area contributed by atoms with E-state index in [1.807, 2.05) is 48.5 Å². The van der Waals surface area contributed by atoms with Crippen LogP contribution in [0.5, 0.6) is 11.6 Å². The van der Waals surface area contributed by atoms with Crippen molar-refractivity contribution in [1.29, 1.82) is 0 Å². The number of rotatable bonds is 6. The molecule has 4 rings (SSSR count). The van der Waals surface area contributed by atoms with Gasteiger partial charge in [0.2, 0.25) is 11.8 Å². The molecule has 1 aromatic heterocycles. The Labute approximate surface area is 176 Å². The van der Waals surface area contributed by atoms with Crippen LogP contribution >= 0.6 is 0 Å². The number of aryl methyl sites for hydroxylation is 1. The third-order valence-corrected chi connectivity index (χ3v) is 5.50. The van der Waals surface area contributed by atoms with Crippen molar-refractivity contribution in [1.82, 2.24) is 15.3 Å². The summed E-state index contributed by atoms with van der Waals surface area (Å²) in [5, 5.41) is 3.10. The number of carbonyl (C=O) groups is 1. The molecule has 30 heavy (non-hydrogen) atoms. The lowest BCUT2D eigenvalue weighted by molar-refractivity contribution is -0.125. The van der Waals surface area contributed by atoms with E-state index in [1.54, 1.807) is 0 Å². The molecule has 6 nitrogen and oxygen atoms in total. The number of benzene rings is 2. The zero-order chi connectivity index (χ0) is 20.8. The van der Waals surface area contributed by atoms with Crippen molar-refractivity contribution in [2.75, 3.05) is 18.0 Å². The number of carbonyl (C=O) groups excluding carboxylic acids is 1. The summed E-state index contributed by atoms with van der Waals surface area (Å²) in [7, 11) is 0. The van der Waals surface area contributed by atoms with E-state index in [2.05, 4.69) is 39.2 Å². The van der Waals surface area contributed by atoms with Gasteiger partial charge >= 0.3 is 0 Å². The normalized spacial score (nSPS) is 14.4. The summed E-state index contributed by atoms with van der Waals surface area (Å²) in [6.07, 6.45) is 3.13. The lowest BCUT2D eigenvalue weighted by Crippen LogP contribution is -2.40. The first-order valence-electron chi connectivity index (χ1n) is 10.3. The largest absolute Gasteiger partial charge is 0.439 e. The molecule has 0 bridgehead atoms. The van der Waals surface area contributed by atoms with Crippen molar-refractivity contribution >= 4 is 11.7 Å². The molecule has 2 heterocycles. The van der Waals surface area contributed by atoms with Crippen molar-refractivity contribution in [3.8, 4) is 11.6 Å². The van der Waals surface area contributed by atoms with Crippen LogP contribution in [-0.4, -0.2) is 29.0 Å². The summed E-state index contributed by atoms with van der Waals surface area (Å²) in [5.41, 5.74) is 2.36. The van der Waals surface area contributed by atoms with Gasteiger partial charge in [-0.2, -0.15) is 0 Å². The Bertz CT molecular complexity index is 985. The zero-order valence-corrected chi connectivity index (χ0v) is 17.1. The fraction of sp³-hybridized carbons (Fsp3) is 0.292. The molecule has 0 saturated carbocycles.